The molecule has 0 aliphatic heterocycles. The number of rotatable bonds is 4. The van der Waals surface area contributed by atoms with E-state index in [1.165, 1.54) is 38.5 Å². The molecule has 0 N–H and O–H groups in total. The quantitative estimate of drug-likeness (QED) is 0.660. The molecule has 0 radical (unpaired) electrons. The average Bonchev–Trinajstić information content (AvgIpc) is 2.76. The summed E-state index contributed by atoms with van der Waals surface area (Å²) in [5, 5.41) is 0. The fourth-order valence-electron chi connectivity index (χ4n) is 2.86. The number of hydrogen-bond donors (Lipinski definition) is 0. The standard InChI is InChI=1S/C15H22/c1-2-3-7-13-10-11-15(12-13)14-8-5-4-6-9-14/h4-6,8-9,13,15H,2-3,7,10-12H2,1H3/t13-,15-/m0/s1. The van der Waals surface area contributed by atoms with E-state index in [4.69, 9.17) is 0 Å². The van der Waals surface area contributed by atoms with Gasteiger partial charge in [0.1, 0.15) is 0 Å². The third-order valence-corrected chi connectivity index (χ3v) is 3.78. The molecule has 0 unspecified atom stereocenters. The van der Waals surface area contributed by atoms with Crippen molar-refractivity contribution in [3.8, 4) is 0 Å². The van der Waals surface area contributed by atoms with Crippen LogP contribution in [0.1, 0.15) is 56.9 Å². The van der Waals surface area contributed by atoms with Gasteiger partial charge in [0.25, 0.3) is 0 Å². The first-order valence-electron chi connectivity index (χ1n) is 6.45. The van der Waals surface area contributed by atoms with Crippen LogP contribution in [0.3, 0.4) is 0 Å². The van der Waals surface area contributed by atoms with Gasteiger partial charge in [0.2, 0.25) is 0 Å². The molecule has 0 amide bonds. The van der Waals surface area contributed by atoms with Crippen molar-refractivity contribution >= 4 is 0 Å². The molecule has 0 spiro atoms. The van der Waals surface area contributed by atoms with E-state index in [1.54, 1.807) is 5.56 Å². The van der Waals surface area contributed by atoms with E-state index in [9.17, 15) is 0 Å². The molecule has 82 valence electrons. The molecule has 0 heterocycles. The lowest BCUT2D eigenvalue weighted by molar-refractivity contribution is 0.474. The van der Waals surface area contributed by atoms with Crippen molar-refractivity contribution in [2.75, 3.05) is 0 Å². The van der Waals surface area contributed by atoms with Gasteiger partial charge in [0, 0.05) is 0 Å². The van der Waals surface area contributed by atoms with Crippen molar-refractivity contribution < 1.29 is 0 Å². The molecule has 1 aliphatic carbocycles. The van der Waals surface area contributed by atoms with Gasteiger partial charge in [-0.2, -0.15) is 0 Å². The number of hydrogen-bond acceptors (Lipinski definition) is 0. The Morgan fingerprint density at radius 3 is 2.67 bits per heavy atom. The highest BCUT2D eigenvalue weighted by Gasteiger charge is 2.24. The van der Waals surface area contributed by atoms with Crippen LogP contribution in [-0.4, -0.2) is 0 Å². The molecule has 0 aromatic heterocycles. The van der Waals surface area contributed by atoms with E-state index >= 15 is 0 Å². The Bertz CT molecular complexity index is 275. The largest absolute Gasteiger partial charge is 0.0654 e. The monoisotopic (exact) mass is 202 g/mol. The maximum Gasteiger partial charge on any atom is -0.0159 e. The molecular formula is C15H22. The third kappa shape index (κ3) is 2.84. The normalized spacial score (nSPS) is 25.7. The lowest BCUT2D eigenvalue weighted by Gasteiger charge is -2.11. The Balaban J connectivity index is 1.87. The molecule has 1 aromatic rings. The summed E-state index contributed by atoms with van der Waals surface area (Å²) in [7, 11) is 0. The highest BCUT2D eigenvalue weighted by atomic mass is 14.3. The predicted molar refractivity (Wildman–Crippen MR) is 66.0 cm³/mol. The van der Waals surface area contributed by atoms with E-state index in [0.29, 0.717) is 0 Å². The van der Waals surface area contributed by atoms with Crippen LogP contribution in [0.2, 0.25) is 0 Å². The number of benzene rings is 1. The lowest BCUT2D eigenvalue weighted by atomic mass is 9.94. The van der Waals surface area contributed by atoms with Crippen molar-refractivity contribution in [1.29, 1.82) is 0 Å². The first-order valence-corrected chi connectivity index (χ1v) is 6.45. The summed E-state index contributed by atoms with van der Waals surface area (Å²) in [6, 6.07) is 11.1. The second kappa shape index (κ2) is 5.34. The molecule has 2 rings (SSSR count). The molecule has 15 heavy (non-hydrogen) atoms. The van der Waals surface area contributed by atoms with Crippen LogP contribution in [0.5, 0.6) is 0 Å². The maximum absolute atomic E-state index is 2.30. The first kappa shape index (κ1) is 10.7. The fourth-order valence-corrected chi connectivity index (χ4v) is 2.86. The summed E-state index contributed by atoms with van der Waals surface area (Å²) >= 11 is 0. The van der Waals surface area contributed by atoms with E-state index in [-0.39, 0.29) is 0 Å². The van der Waals surface area contributed by atoms with Gasteiger partial charge < -0.3 is 0 Å². The highest BCUT2D eigenvalue weighted by molar-refractivity contribution is 5.20. The minimum atomic E-state index is 0.855. The van der Waals surface area contributed by atoms with Crippen LogP contribution in [0, 0.1) is 5.92 Å². The minimum Gasteiger partial charge on any atom is -0.0654 e. The van der Waals surface area contributed by atoms with Crippen LogP contribution >= 0.6 is 0 Å². The number of unbranched alkanes of at least 4 members (excludes halogenated alkanes) is 1. The van der Waals surface area contributed by atoms with Crippen LogP contribution in [-0.2, 0) is 0 Å². The lowest BCUT2D eigenvalue weighted by Crippen LogP contribution is -1.95. The molecule has 1 fully saturated rings. The van der Waals surface area contributed by atoms with Crippen LogP contribution in [0.15, 0.2) is 30.3 Å². The molecule has 1 aromatic carbocycles. The summed E-state index contributed by atoms with van der Waals surface area (Å²) in [6.07, 6.45) is 8.54. The van der Waals surface area contributed by atoms with Crippen LogP contribution in [0.4, 0.5) is 0 Å². The summed E-state index contributed by atoms with van der Waals surface area (Å²) in [4.78, 5) is 0. The van der Waals surface area contributed by atoms with Crippen LogP contribution < -0.4 is 0 Å². The minimum absolute atomic E-state index is 0.855. The molecular weight excluding hydrogens is 180 g/mol. The maximum atomic E-state index is 2.30. The second-order valence-electron chi connectivity index (χ2n) is 4.93. The van der Waals surface area contributed by atoms with Crippen molar-refractivity contribution in [2.45, 2.75) is 51.4 Å². The van der Waals surface area contributed by atoms with Gasteiger partial charge in [0.05, 0.1) is 0 Å². The summed E-state index contributed by atoms with van der Waals surface area (Å²) in [6.45, 7) is 2.30. The van der Waals surface area contributed by atoms with Crippen LogP contribution in [0.25, 0.3) is 0 Å². The van der Waals surface area contributed by atoms with Gasteiger partial charge in [-0.1, -0.05) is 56.5 Å². The van der Waals surface area contributed by atoms with Gasteiger partial charge in [0.15, 0.2) is 0 Å². The average molecular weight is 202 g/mol. The second-order valence-corrected chi connectivity index (χ2v) is 4.93. The van der Waals surface area contributed by atoms with E-state index in [0.717, 1.165) is 11.8 Å². The van der Waals surface area contributed by atoms with Crippen molar-refractivity contribution in [2.24, 2.45) is 5.92 Å². The van der Waals surface area contributed by atoms with Gasteiger partial charge in [-0.05, 0) is 36.7 Å². The highest BCUT2D eigenvalue weighted by Crippen LogP contribution is 2.40. The van der Waals surface area contributed by atoms with Crippen molar-refractivity contribution in [3.63, 3.8) is 0 Å². The van der Waals surface area contributed by atoms with Gasteiger partial charge in [-0.25, -0.2) is 0 Å². The summed E-state index contributed by atoms with van der Waals surface area (Å²) in [5.41, 5.74) is 1.57. The molecule has 0 nitrogen and oxygen atoms in total. The van der Waals surface area contributed by atoms with E-state index in [1.807, 2.05) is 0 Å². The Hall–Kier alpha value is -0.780. The Kier molecular flexibility index (Phi) is 3.82. The molecule has 1 saturated carbocycles. The van der Waals surface area contributed by atoms with Crippen molar-refractivity contribution in [1.82, 2.24) is 0 Å². The summed E-state index contributed by atoms with van der Waals surface area (Å²) in [5.74, 6) is 1.86. The predicted octanol–water partition coefficient (Wildman–Crippen LogP) is 4.76. The zero-order valence-electron chi connectivity index (χ0n) is 9.78. The molecule has 0 saturated heterocycles. The van der Waals surface area contributed by atoms with Crippen molar-refractivity contribution in [3.05, 3.63) is 35.9 Å². The third-order valence-electron chi connectivity index (χ3n) is 3.78. The smallest absolute Gasteiger partial charge is 0.0159 e. The Morgan fingerprint density at radius 2 is 1.93 bits per heavy atom. The topological polar surface area (TPSA) is 0 Å². The molecule has 0 bridgehead atoms. The SMILES string of the molecule is CCCC[C@H]1CC[C@H](c2ccccc2)C1. The van der Waals surface area contributed by atoms with Gasteiger partial charge >= 0.3 is 0 Å². The molecule has 0 heteroatoms. The van der Waals surface area contributed by atoms with E-state index < -0.39 is 0 Å². The first-order chi connectivity index (χ1) is 7.40. The zero-order chi connectivity index (χ0) is 10.5. The van der Waals surface area contributed by atoms with E-state index in [2.05, 4.69) is 37.3 Å². The Morgan fingerprint density at radius 1 is 1.13 bits per heavy atom. The Labute approximate surface area is 93.7 Å². The zero-order valence-corrected chi connectivity index (χ0v) is 9.78. The van der Waals surface area contributed by atoms with Gasteiger partial charge in [-0.15, -0.1) is 0 Å². The van der Waals surface area contributed by atoms with Gasteiger partial charge in [-0.3, -0.25) is 0 Å². The summed E-state index contributed by atoms with van der Waals surface area (Å²) < 4.78 is 0. The molecule has 2 atom stereocenters. The fraction of sp³-hybridized carbons (Fsp3) is 0.600. The molecule has 1 aliphatic rings.